The molecule has 0 aromatic rings. The van der Waals surface area contributed by atoms with Crippen LogP contribution in [0.2, 0.25) is 0 Å². The van der Waals surface area contributed by atoms with Gasteiger partial charge >= 0.3 is 0 Å². The van der Waals surface area contributed by atoms with Crippen LogP contribution in [0.25, 0.3) is 16.7 Å². The molecule has 0 fully saturated rings. The normalized spacial score (nSPS) is 14.7. The quantitative estimate of drug-likeness (QED) is 0.651. The van der Waals surface area contributed by atoms with E-state index in [0.29, 0.717) is 0 Å². The second kappa shape index (κ2) is 4.42. The zero-order valence-electron chi connectivity index (χ0n) is 9.64. The van der Waals surface area contributed by atoms with Gasteiger partial charge in [-0.1, -0.05) is 60.7 Å². The average molecular weight is 218 g/mol. The maximum absolute atomic E-state index is 2.27. The molecule has 0 N–H and O–H groups in total. The Balaban J connectivity index is 2.08. The summed E-state index contributed by atoms with van der Waals surface area (Å²) in [4.78, 5) is 0. The van der Waals surface area contributed by atoms with Gasteiger partial charge in [0, 0.05) is 0 Å². The molecule has 0 saturated carbocycles. The van der Waals surface area contributed by atoms with Gasteiger partial charge in [-0.2, -0.15) is 0 Å². The molecule has 3 aliphatic carbocycles. The van der Waals surface area contributed by atoms with Crippen molar-refractivity contribution in [1.82, 2.24) is 0 Å². The van der Waals surface area contributed by atoms with Crippen molar-refractivity contribution in [2.75, 3.05) is 0 Å². The van der Waals surface area contributed by atoms with Crippen molar-refractivity contribution < 1.29 is 0 Å². The average Bonchev–Trinajstić information content (AvgIpc) is 2.58. The highest BCUT2D eigenvalue weighted by Gasteiger charge is 2.07. The van der Waals surface area contributed by atoms with Gasteiger partial charge in [-0.15, -0.1) is 0 Å². The zero-order chi connectivity index (χ0) is 11.5. The van der Waals surface area contributed by atoms with Crippen LogP contribution in [0.5, 0.6) is 0 Å². The maximum Gasteiger partial charge on any atom is -0.00884 e. The van der Waals surface area contributed by atoms with Gasteiger partial charge in [0.2, 0.25) is 0 Å². The van der Waals surface area contributed by atoms with Gasteiger partial charge in [-0.25, -0.2) is 0 Å². The van der Waals surface area contributed by atoms with Crippen molar-refractivity contribution in [3.05, 3.63) is 78.4 Å². The molecule has 0 aliphatic heterocycles. The Morgan fingerprint density at radius 2 is 1.47 bits per heavy atom. The Bertz CT molecular complexity index is 554. The predicted octanol–water partition coefficient (Wildman–Crippen LogP) is 4.69. The summed E-state index contributed by atoms with van der Waals surface area (Å²) >= 11 is 0. The molecular formula is C17H14. The Morgan fingerprint density at radius 1 is 0.706 bits per heavy atom. The Kier molecular flexibility index (Phi) is 2.63. The number of allylic oxidation sites excluding steroid dienone is 6. The van der Waals surface area contributed by atoms with Gasteiger partial charge in [-0.3, -0.25) is 0 Å². The van der Waals surface area contributed by atoms with Crippen LogP contribution in [-0.4, -0.2) is 0 Å². The molecule has 3 rings (SSSR count). The highest BCUT2D eigenvalue weighted by molar-refractivity contribution is 5.79. The molecule has 0 heterocycles. The molecule has 0 aromatic carbocycles. The van der Waals surface area contributed by atoms with Crippen LogP contribution in [0.3, 0.4) is 0 Å². The van der Waals surface area contributed by atoms with Crippen molar-refractivity contribution in [3.63, 3.8) is 0 Å². The van der Waals surface area contributed by atoms with Gasteiger partial charge in [0.15, 0.2) is 0 Å². The van der Waals surface area contributed by atoms with Gasteiger partial charge in [0.05, 0.1) is 0 Å². The van der Waals surface area contributed by atoms with Gasteiger partial charge in [-0.05, 0) is 40.8 Å². The second-order valence-electron chi connectivity index (χ2n) is 4.27. The first-order valence-electron chi connectivity index (χ1n) is 5.95. The van der Waals surface area contributed by atoms with E-state index in [9.17, 15) is 0 Å². The Hall–Kier alpha value is -2.08. The molecule has 0 aromatic heterocycles. The third-order valence-corrected chi connectivity index (χ3v) is 3.09. The van der Waals surface area contributed by atoms with Crippen LogP contribution in [0.15, 0.2) is 72.8 Å². The molecule has 0 amide bonds. The fourth-order valence-corrected chi connectivity index (χ4v) is 2.19. The number of hydrogen-bond acceptors (Lipinski definition) is 0. The van der Waals surface area contributed by atoms with Gasteiger partial charge in [0.1, 0.15) is 0 Å². The number of rotatable bonds is 1. The number of hydrogen-bond donors (Lipinski definition) is 0. The molecule has 3 aliphatic rings. The van der Waals surface area contributed by atoms with E-state index in [2.05, 4.69) is 72.8 Å². The van der Waals surface area contributed by atoms with E-state index in [0.717, 1.165) is 6.42 Å². The van der Waals surface area contributed by atoms with Gasteiger partial charge < -0.3 is 0 Å². The first-order valence-corrected chi connectivity index (χ1v) is 5.95. The molecular weight excluding hydrogens is 204 g/mol. The SMILES string of the molecule is C1=CC=C(c2cc3cccccc-3c2)CC=C1. The van der Waals surface area contributed by atoms with E-state index >= 15 is 0 Å². The van der Waals surface area contributed by atoms with E-state index in [1.54, 1.807) is 0 Å². The summed E-state index contributed by atoms with van der Waals surface area (Å²) in [5, 5.41) is 0. The summed E-state index contributed by atoms with van der Waals surface area (Å²) < 4.78 is 0. The lowest BCUT2D eigenvalue weighted by atomic mass is 10.1. The summed E-state index contributed by atoms with van der Waals surface area (Å²) in [6, 6.07) is 15.1. The second-order valence-corrected chi connectivity index (χ2v) is 4.27. The van der Waals surface area contributed by atoms with E-state index < -0.39 is 0 Å². The third-order valence-electron chi connectivity index (χ3n) is 3.09. The smallest absolute Gasteiger partial charge is 0.00884 e. The standard InChI is InChI=1S/C17H14/c1-2-5-9-14(8-4-1)17-12-15-10-6-3-7-11-16(15)13-17/h1-8,10-13H,9H2. The topological polar surface area (TPSA) is 0 Å². The van der Waals surface area contributed by atoms with Crippen LogP contribution in [-0.2, 0) is 0 Å². The van der Waals surface area contributed by atoms with Crippen LogP contribution < -0.4 is 0 Å². The minimum absolute atomic E-state index is 1.01. The Labute approximate surface area is 102 Å². The fraction of sp³-hybridized carbons (Fsp3) is 0.0588. The summed E-state index contributed by atoms with van der Waals surface area (Å²) in [5.41, 5.74) is 5.34. The Morgan fingerprint density at radius 3 is 2.24 bits per heavy atom. The first kappa shape index (κ1) is 10.1. The third kappa shape index (κ3) is 2.07. The van der Waals surface area contributed by atoms with Crippen LogP contribution in [0.1, 0.15) is 12.0 Å². The van der Waals surface area contributed by atoms with Crippen molar-refractivity contribution in [2.24, 2.45) is 0 Å². The van der Waals surface area contributed by atoms with E-state index in [1.807, 2.05) is 0 Å². The van der Waals surface area contributed by atoms with E-state index in [1.165, 1.54) is 22.3 Å². The predicted molar refractivity (Wildman–Crippen MR) is 73.9 cm³/mol. The highest BCUT2D eigenvalue weighted by Crippen LogP contribution is 2.31. The summed E-state index contributed by atoms with van der Waals surface area (Å²) in [6.45, 7) is 0. The lowest BCUT2D eigenvalue weighted by Crippen LogP contribution is -1.77. The first-order chi connectivity index (χ1) is 8.43. The minimum Gasteiger partial charge on any atom is -0.0801 e. The van der Waals surface area contributed by atoms with Gasteiger partial charge in [0.25, 0.3) is 0 Å². The zero-order valence-corrected chi connectivity index (χ0v) is 9.64. The van der Waals surface area contributed by atoms with Crippen LogP contribution in [0, 0.1) is 0 Å². The molecule has 0 atom stereocenters. The van der Waals surface area contributed by atoms with Crippen molar-refractivity contribution in [3.8, 4) is 11.1 Å². The monoisotopic (exact) mass is 218 g/mol. The molecule has 0 radical (unpaired) electrons. The largest absolute Gasteiger partial charge is 0.0801 e. The van der Waals surface area contributed by atoms with E-state index in [-0.39, 0.29) is 0 Å². The van der Waals surface area contributed by atoms with Crippen molar-refractivity contribution in [1.29, 1.82) is 0 Å². The minimum atomic E-state index is 1.01. The van der Waals surface area contributed by atoms with Crippen molar-refractivity contribution in [2.45, 2.75) is 6.42 Å². The molecule has 0 unspecified atom stereocenters. The molecule has 17 heavy (non-hydrogen) atoms. The number of fused-ring (bicyclic) bond motifs is 1. The lowest BCUT2D eigenvalue weighted by Gasteiger charge is -1.98. The molecule has 0 heteroatoms. The summed E-state index contributed by atoms with van der Waals surface area (Å²) in [6.07, 6.45) is 11.7. The van der Waals surface area contributed by atoms with Crippen molar-refractivity contribution >= 4 is 5.57 Å². The molecule has 0 saturated heterocycles. The van der Waals surface area contributed by atoms with Crippen LogP contribution in [0.4, 0.5) is 0 Å². The maximum atomic E-state index is 2.27. The van der Waals surface area contributed by atoms with E-state index in [4.69, 9.17) is 0 Å². The molecule has 0 nitrogen and oxygen atoms in total. The molecule has 82 valence electrons. The summed E-state index contributed by atoms with van der Waals surface area (Å²) in [7, 11) is 0. The fourth-order valence-electron chi connectivity index (χ4n) is 2.19. The lowest BCUT2D eigenvalue weighted by molar-refractivity contribution is 1.41. The molecule has 0 spiro atoms. The van der Waals surface area contributed by atoms with Crippen LogP contribution >= 0.6 is 0 Å². The highest BCUT2D eigenvalue weighted by atomic mass is 14.1. The molecule has 0 bridgehead atoms. The summed E-state index contributed by atoms with van der Waals surface area (Å²) in [5.74, 6) is 0.